The molecular weight excluding hydrogens is 551 g/mol. The van der Waals surface area contributed by atoms with Crippen molar-refractivity contribution in [3.05, 3.63) is 70.6 Å². The van der Waals surface area contributed by atoms with Crippen molar-refractivity contribution in [1.82, 2.24) is 4.90 Å². The number of non-ortho nitro benzene ring substituents is 1. The number of hydrogen-bond acceptors (Lipinski definition) is 6. The van der Waals surface area contributed by atoms with E-state index in [1.54, 1.807) is 0 Å². The van der Waals surface area contributed by atoms with Crippen LogP contribution in [0.4, 0.5) is 10.5 Å². The standard InChI is InChI=1S/C17H10BrIN2O5S/c18-13-7-12(21(25)26)5-10(15(13)22)6-14-16(23)20(17(24)27-14)8-9-1-3-11(19)4-2-9/h1-7,22H,8H2/b14-6-. The molecule has 0 atom stereocenters. The lowest BCUT2D eigenvalue weighted by molar-refractivity contribution is -0.385. The molecule has 7 nitrogen and oxygen atoms in total. The molecule has 2 aromatic rings. The van der Waals surface area contributed by atoms with Gasteiger partial charge in [0.05, 0.1) is 20.8 Å². The summed E-state index contributed by atoms with van der Waals surface area (Å²) in [6.45, 7) is 0.129. The van der Waals surface area contributed by atoms with Crippen molar-refractivity contribution in [2.24, 2.45) is 0 Å². The predicted molar refractivity (Wildman–Crippen MR) is 113 cm³/mol. The number of carbonyl (C=O) groups is 2. The monoisotopic (exact) mass is 560 g/mol. The maximum Gasteiger partial charge on any atom is 0.293 e. The largest absolute Gasteiger partial charge is 0.506 e. The molecule has 1 fully saturated rings. The van der Waals surface area contributed by atoms with Gasteiger partial charge in [0.25, 0.3) is 16.8 Å². The maximum atomic E-state index is 12.6. The Bertz CT molecular complexity index is 994. The Balaban J connectivity index is 1.90. The van der Waals surface area contributed by atoms with Gasteiger partial charge in [0.2, 0.25) is 0 Å². The molecule has 1 N–H and O–H groups in total. The SMILES string of the molecule is O=C1S/C(=C\c2cc([N+](=O)[O-])cc(Br)c2O)C(=O)N1Cc1ccc(I)cc1. The van der Waals surface area contributed by atoms with Crippen LogP contribution in [0, 0.1) is 13.7 Å². The van der Waals surface area contributed by atoms with Crippen LogP contribution in [0.25, 0.3) is 6.08 Å². The van der Waals surface area contributed by atoms with E-state index in [-0.39, 0.29) is 32.9 Å². The first-order valence-corrected chi connectivity index (χ1v) is 10.1. The van der Waals surface area contributed by atoms with Crippen LogP contribution in [0.2, 0.25) is 0 Å². The number of aromatic hydroxyl groups is 1. The summed E-state index contributed by atoms with van der Waals surface area (Å²) < 4.78 is 1.16. The zero-order valence-electron chi connectivity index (χ0n) is 13.4. The van der Waals surface area contributed by atoms with Crippen molar-refractivity contribution in [2.45, 2.75) is 6.54 Å². The molecule has 0 radical (unpaired) electrons. The number of phenolic OH excluding ortho intramolecular Hbond substituents is 1. The highest BCUT2D eigenvalue weighted by atomic mass is 127. The number of amides is 2. The first-order chi connectivity index (χ1) is 12.8. The number of nitro groups is 1. The van der Waals surface area contributed by atoms with Crippen LogP contribution >= 0.6 is 50.3 Å². The zero-order chi connectivity index (χ0) is 19.7. The summed E-state index contributed by atoms with van der Waals surface area (Å²) in [6.07, 6.45) is 1.28. The molecule has 2 amide bonds. The smallest absolute Gasteiger partial charge is 0.293 e. The fourth-order valence-corrected chi connectivity index (χ4v) is 4.02. The normalized spacial score (nSPS) is 15.6. The fourth-order valence-electron chi connectivity index (χ4n) is 2.37. The summed E-state index contributed by atoms with van der Waals surface area (Å²) in [4.78, 5) is 36.4. The molecule has 10 heteroatoms. The van der Waals surface area contributed by atoms with Gasteiger partial charge < -0.3 is 5.11 Å². The second kappa shape index (κ2) is 7.98. The van der Waals surface area contributed by atoms with Gasteiger partial charge in [-0.2, -0.15) is 0 Å². The van der Waals surface area contributed by atoms with Gasteiger partial charge in [-0.3, -0.25) is 24.6 Å². The molecule has 0 aromatic heterocycles. The highest BCUT2D eigenvalue weighted by Gasteiger charge is 2.35. The average Bonchev–Trinajstić information content (AvgIpc) is 2.88. The molecule has 2 aromatic carbocycles. The molecule has 0 aliphatic carbocycles. The number of nitro benzene ring substituents is 1. The van der Waals surface area contributed by atoms with Crippen molar-refractivity contribution in [3.63, 3.8) is 0 Å². The van der Waals surface area contributed by atoms with Crippen molar-refractivity contribution >= 4 is 73.2 Å². The number of phenols is 1. The lowest BCUT2D eigenvalue weighted by Crippen LogP contribution is -2.27. The summed E-state index contributed by atoms with van der Waals surface area (Å²) >= 11 is 5.94. The minimum absolute atomic E-state index is 0.0795. The van der Waals surface area contributed by atoms with Gasteiger partial charge in [0.15, 0.2) is 0 Å². The predicted octanol–water partition coefficient (Wildman–Crippen LogP) is 4.90. The van der Waals surface area contributed by atoms with E-state index in [0.29, 0.717) is 0 Å². The van der Waals surface area contributed by atoms with E-state index in [1.165, 1.54) is 6.08 Å². The number of rotatable bonds is 4. The molecule has 3 rings (SSSR count). The Labute approximate surface area is 179 Å². The summed E-state index contributed by atoms with van der Waals surface area (Å²) in [6, 6.07) is 9.73. The van der Waals surface area contributed by atoms with Crippen molar-refractivity contribution in [3.8, 4) is 5.75 Å². The van der Waals surface area contributed by atoms with Crippen LogP contribution in [-0.2, 0) is 11.3 Å². The van der Waals surface area contributed by atoms with Gasteiger partial charge in [0, 0.05) is 21.3 Å². The number of carbonyl (C=O) groups excluding carboxylic acids is 2. The number of nitrogens with zero attached hydrogens (tertiary/aromatic N) is 2. The summed E-state index contributed by atoms with van der Waals surface area (Å²) in [5.41, 5.74) is 0.639. The second-order valence-electron chi connectivity index (χ2n) is 5.52. The Kier molecular flexibility index (Phi) is 5.86. The first-order valence-electron chi connectivity index (χ1n) is 7.43. The first kappa shape index (κ1) is 19.8. The van der Waals surface area contributed by atoms with Crippen molar-refractivity contribution in [2.75, 3.05) is 0 Å². The summed E-state index contributed by atoms with van der Waals surface area (Å²) in [5, 5.41) is 20.7. The van der Waals surface area contributed by atoms with E-state index in [9.17, 15) is 24.8 Å². The van der Waals surface area contributed by atoms with E-state index in [0.717, 1.165) is 37.9 Å². The number of hydrogen-bond donors (Lipinski definition) is 1. The van der Waals surface area contributed by atoms with Gasteiger partial charge in [-0.05, 0) is 74.1 Å². The van der Waals surface area contributed by atoms with E-state index >= 15 is 0 Å². The Morgan fingerprint density at radius 1 is 1.26 bits per heavy atom. The molecular formula is C17H10BrIN2O5S. The molecule has 1 aliphatic rings. The van der Waals surface area contributed by atoms with Gasteiger partial charge in [-0.15, -0.1) is 0 Å². The fraction of sp³-hybridized carbons (Fsp3) is 0.0588. The molecule has 1 heterocycles. The summed E-state index contributed by atoms with van der Waals surface area (Å²) in [5.74, 6) is -0.754. The Morgan fingerprint density at radius 3 is 2.56 bits per heavy atom. The number of benzene rings is 2. The maximum absolute atomic E-state index is 12.6. The third-order valence-electron chi connectivity index (χ3n) is 3.70. The Hall–Kier alpha value is -1.92. The van der Waals surface area contributed by atoms with Gasteiger partial charge in [0.1, 0.15) is 5.75 Å². The third-order valence-corrected chi connectivity index (χ3v) is 5.93. The highest BCUT2D eigenvalue weighted by Crippen LogP contribution is 2.38. The van der Waals surface area contributed by atoms with Crippen LogP contribution in [0.15, 0.2) is 45.8 Å². The molecule has 0 saturated carbocycles. The average molecular weight is 561 g/mol. The molecule has 0 spiro atoms. The molecule has 138 valence electrons. The molecule has 1 saturated heterocycles. The van der Waals surface area contributed by atoms with E-state index in [1.807, 2.05) is 24.3 Å². The molecule has 0 unspecified atom stereocenters. The van der Waals surface area contributed by atoms with E-state index in [2.05, 4.69) is 38.5 Å². The quantitative estimate of drug-likeness (QED) is 0.247. The van der Waals surface area contributed by atoms with Crippen LogP contribution in [0.5, 0.6) is 5.75 Å². The second-order valence-corrected chi connectivity index (χ2v) is 8.61. The van der Waals surface area contributed by atoms with E-state index < -0.39 is 16.1 Å². The number of thioether (sulfide) groups is 1. The molecule has 1 aliphatic heterocycles. The Morgan fingerprint density at radius 2 is 1.93 bits per heavy atom. The van der Waals surface area contributed by atoms with Crippen molar-refractivity contribution in [1.29, 1.82) is 0 Å². The van der Waals surface area contributed by atoms with Gasteiger partial charge in [-0.25, -0.2) is 0 Å². The van der Waals surface area contributed by atoms with Crippen molar-refractivity contribution < 1.29 is 19.6 Å². The molecule has 0 bridgehead atoms. The van der Waals surface area contributed by atoms with Crippen LogP contribution in [0.3, 0.4) is 0 Å². The summed E-state index contributed by atoms with van der Waals surface area (Å²) in [7, 11) is 0. The van der Waals surface area contributed by atoms with Crippen LogP contribution in [-0.4, -0.2) is 26.1 Å². The minimum atomic E-state index is -0.607. The third kappa shape index (κ3) is 4.33. The lowest BCUT2D eigenvalue weighted by atomic mass is 10.1. The number of halogens is 2. The lowest BCUT2D eigenvalue weighted by Gasteiger charge is -2.12. The topological polar surface area (TPSA) is 101 Å². The van der Waals surface area contributed by atoms with Crippen LogP contribution in [0.1, 0.15) is 11.1 Å². The van der Waals surface area contributed by atoms with E-state index in [4.69, 9.17) is 0 Å². The van der Waals surface area contributed by atoms with Gasteiger partial charge >= 0.3 is 0 Å². The van der Waals surface area contributed by atoms with Gasteiger partial charge in [-0.1, -0.05) is 12.1 Å². The zero-order valence-corrected chi connectivity index (χ0v) is 17.9. The highest BCUT2D eigenvalue weighted by molar-refractivity contribution is 14.1. The molecule has 27 heavy (non-hydrogen) atoms. The number of imide groups is 1. The minimum Gasteiger partial charge on any atom is -0.506 e. The van der Waals surface area contributed by atoms with Crippen LogP contribution < -0.4 is 0 Å².